The number of nitrogens with two attached hydrogens (primary N) is 1. The number of carbonyl (C=O) groups excluding carboxylic acids is 1. The van der Waals surface area contributed by atoms with Gasteiger partial charge < -0.3 is 24.4 Å². The Balaban J connectivity index is 3.14. The van der Waals surface area contributed by atoms with Gasteiger partial charge in [0.25, 0.3) is 0 Å². The van der Waals surface area contributed by atoms with E-state index < -0.39 is 6.09 Å². The van der Waals surface area contributed by atoms with Crippen molar-refractivity contribution in [2.45, 2.75) is 20.3 Å². The maximum atomic E-state index is 11.2. The van der Waals surface area contributed by atoms with Crippen molar-refractivity contribution >= 4 is 6.09 Å². The van der Waals surface area contributed by atoms with Crippen molar-refractivity contribution in [2.24, 2.45) is 11.8 Å². The van der Waals surface area contributed by atoms with Gasteiger partial charge in [-0.15, -0.1) is 0 Å². The number of amides is 1. The summed E-state index contributed by atoms with van der Waals surface area (Å²) in [6.45, 7) is 7.21. The Hall–Kier alpha value is -0.890. The Morgan fingerprint density at radius 1 is 1.05 bits per heavy atom. The van der Waals surface area contributed by atoms with Crippen molar-refractivity contribution in [1.29, 1.82) is 0 Å². The molecule has 0 saturated carbocycles. The Kier molecular flexibility index (Phi) is 12.9. The predicted molar refractivity (Wildman–Crippen MR) is 70.6 cm³/mol. The van der Waals surface area contributed by atoms with Gasteiger partial charge in [-0.1, -0.05) is 13.8 Å². The van der Waals surface area contributed by atoms with Crippen molar-refractivity contribution in [3.05, 3.63) is 0 Å². The number of nitrogens with one attached hydrogen (secondary N) is 1. The maximum Gasteiger partial charge on any atom is 0.407 e. The quantitative estimate of drug-likeness (QED) is 0.403. The highest BCUT2D eigenvalue weighted by Crippen LogP contribution is 1.98. The summed E-state index contributed by atoms with van der Waals surface area (Å²) in [6.07, 6.45) is 0.467. The summed E-state index contributed by atoms with van der Waals surface area (Å²) in [5.74, 6) is 5.35. The highest BCUT2D eigenvalue weighted by molar-refractivity contribution is 5.66. The standard InChI is InChI=1S/C12H26N2O5/c1-11(2)3-5-18-12(15)14-4-6-16-7-8-17-9-10-19-13/h11H,3-10,13H2,1-2H3,(H,14,15). The summed E-state index contributed by atoms with van der Waals surface area (Å²) in [5.41, 5.74) is 0. The molecule has 0 aliphatic heterocycles. The lowest BCUT2D eigenvalue weighted by Gasteiger charge is -2.09. The molecule has 0 aromatic carbocycles. The fraction of sp³-hybridized carbons (Fsp3) is 0.917. The summed E-state index contributed by atoms with van der Waals surface area (Å²) in [4.78, 5) is 15.5. The molecule has 7 heteroatoms. The second-order valence-electron chi connectivity index (χ2n) is 4.34. The van der Waals surface area contributed by atoms with E-state index in [1.54, 1.807) is 0 Å². The van der Waals surface area contributed by atoms with Crippen LogP contribution in [0.15, 0.2) is 0 Å². The third kappa shape index (κ3) is 15.1. The van der Waals surface area contributed by atoms with Crippen molar-refractivity contribution in [3.63, 3.8) is 0 Å². The molecule has 0 aromatic rings. The first-order valence-corrected chi connectivity index (χ1v) is 6.54. The summed E-state index contributed by atoms with van der Waals surface area (Å²) in [5, 5.41) is 2.60. The van der Waals surface area contributed by atoms with Gasteiger partial charge in [0.05, 0.1) is 39.6 Å². The molecule has 0 aromatic heterocycles. The van der Waals surface area contributed by atoms with Gasteiger partial charge in [0.1, 0.15) is 0 Å². The number of ether oxygens (including phenoxy) is 3. The Bertz CT molecular complexity index is 214. The van der Waals surface area contributed by atoms with Crippen LogP contribution in [-0.2, 0) is 19.0 Å². The topological polar surface area (TPSA) is 92.0 Å². The van der Waals surface area contributed by atoms with Crippen LogP contribution in [-0.4, -0.2) is 52.3 Å². The second-order valence-corrected chi connectivity index (χ2v) is 4.34. The highest BCUT2D eigenvalue weighted by Gasteiger charge is 2.01. The third-order valence-corrected chi connectivity index (χ3v) is 2.16. The predicted octanol–water partition coefficient (Wildman–Crippen LogP) is 0.682. The van der Waals surface area contributed by atoms with Crippen LogP contribution >= 0.6 is 0 Å². The average molecular weight is 278 g/mol. The van der Waals surface area contributed by atoms with Gasteiger partial charge in [-0.2, -0.15) is 0 Å². The minimum absolute atomic E-state index is 0.365. The molecule has 7 nitrogen and oxygen atoms in total. The SMILES string of the molecule is CC(C)CCOC(=O)NCCOCCOCCON. The van der Waals surface area contributed by atoms with Crippen LogP contribution in [0.1, 0.15) is 20.3 Å². The van der Waals surface area contributed by atoms with Crippen molar-refractivity contribution in [1.82, 2.24) is 5.32 Å². The zero-order valence-corrected chi connectivity index (χ0v) is 11.9. The first kappa shape index (κ1) is 18.1. The van der Waals surface area contributed by atoms with Crippen molar-refractivity contribution < 1.29 is 23.8 Å². The lowest BCUT2D eigenvalue weighted by molar-refractivity contribution is 0.0147. The van der Waals surface area contributed by atoms with E-state index in [1.807, 2.05) is 0 Å². The first-order valence-electron chi connectivity index (χ1n) is 6.54. The summed E-state index contributed by atoms with van der Waals surface area (Å²) >= 11 is 0. The van der Waals surface area contributed by atoms with Crippen LogP contribution in [0.5, 0.6) is 0 Å². The van der Waals surface area contributed by atoms with Gasteiger partial charge in [-0.05, 0) is 12.3 Å². The number of alkyl carbamates (subject to hydrolysis) is 1. The molecule has 0 aliphatic rings. The smallest absolute Gasteiger partial charge is 0.407 e. The molecule has 0 radical (unpaired) electrons. The van der Waals surface area contributed by atoms with Gasteiger partial charge in [0.15, 0.2) is 0 Å². The lowest BCUT2D eigenvalue weighted by atomic mass is 10.1. The zero-order valence-electron chi connectivity index (χ0n) is 11.9. The first-order chi connectivity index (χ1) is 9.16. The molecule has 1 amide bonds. The summed E-state index contributed by atoms with van der Waals surface area (Å²) < 4.78 is 15.3. The Labute approximate surface area is 114 Å². The van der Waals surface area contributed by atoms with Crippen LogP contribution in [0.4, 0.5) is 4.79 Å². The molecule has 0 saturated heterocycles. The van der Waals surface area contributed by atoms with Crippen LogP contribution in [0.25, 0.3) is 0 Å². The number of rotatable bonds is 12. The van der Waals surface area contributed by atoms with E-state index in [0.29, 0.717) is 52.1 Å². The van der Waals surface area contributed by atoms with E-state index in [-0.39, 0.29) is 0 Å². The minimum Gasteiger partial charge on any atom is -0.450 e. The van der Waals surface area contributed by atoms with Gasteiger partial charge in [-0.25, -0.2) is 10.7 Å². The van der Waals surface area contributed by atoms with Crippen LogP contribution in [0.3, 0.4) is 0 Å². The van der Waals surface area contributed by atoms with Crippen molar-refractivity contribution in [3.8, 4) is 0 Å². The van der Waals surface area contributed by atoms with Crippen LogP contribution in [0.2, 0.25) is 0 Å². The molecular formula is C12H26N2O5. The number of hydrogen-bond acceptors (Lipinski definition) is 6. The molecular weight excluding hydrogens is 252 g/mol. The van der Waals surface area contributed by atoms with E-state index in [0.717, 1.165) is 6.42 Å². The van der Waals surface area contributed by atoms with E-state index in [2.05, 4.69) is 24.0 Å². The number of hydrogen-bond donors (Lipinski definition) is 2. The summed E-state index contributed by atoms with van der Waals surface area (Å²) in [7, 11) is 0. The third-order valence-electron chi connectivity index (χ3n) is 2.16. The normalized spacial score (nSPS) is 10.7. The molecule has 114 valence electrons. The number of carbonyl (C=O) groups is 1. The van der Waals surface area contributed by atoms with E-state index in [4.69, 9.17) is 20.1 Å². The Morgan fingerprint density at radius 2 is 1.68 bits per heavy atom. The maximum absolute atomic E-state index is 11.2. The zero-order chi connectivity index (χ0) is 14.3. The fourth-order valence-corrected chi connectivity index (χ4v) is 1.09. The molecule has 0 unspecified atom stereocenters. The summed E-state index contributed by atoms with van der Waals surface area (Å²) in [6, 6.07) is 0. The van der Waals surface area contributed by atoms with E-state index >= 15 is 0 Å². The van der Waals surface area contributed by atoms with Crippen molar-refractivity contribution in [2.75, 3.05) is 46.2 Å². The molecule has 0 fully saturated rings. The van der Waals surface area contributed by atoms with E-state index in [1.165, 1.54) is 0 Å². The average Bonchev–Trinajstić information content (AvgIpc) is 2.36. The molecule has 0 bridgehead atoms. The second kappa shape index (κ2) is 13.5. The molecule has 3 N–H and O–H groups in total. The molecule has 19 heavy (non-hydrogen) atoms. The van der Waals surface area contributed by atoms with E-state index in [9.17, 15) is 4.79 Å². The van der Waals surface area contributed by atoms with Gasteiger partial charge in [0, 0.05) is 6.54 Å². The molecule has 0 rings (SSSR count). The largest absolute Gasteiger partial charge is 0.450 e. The highest BCUT2D eigenvalue weighted by atomic mass is 16.6. The van der Waals surface area contributed by atoms with Gasteiger partial charge in [0.2, 0.25) is 0 Å². The van der Waals surface area contributed by atoms with Gasteiger partial charge in [-0.3, -0.25) is 0 Å². The fourth-order valence-electron chi connectivity index (χ4n) is 1.09. The lowest BCUT2D eigenvalue weighted by Crippen LogP contribution is -2.28. The van der Waals surface area contributed by atoms with Crippen LogP contribution in [0, 0.1) is 5.92 Å². The molecule has 0 atom stereocenters. The minimum atomic E-state index is -0.402. The molecule has 0 heterocycles. The van der Waals surface area contributed by atoms with Crippen LogP contribution < -0.4 is 11.2 Å². The Morgan fingerprint density at radius 3 is 2.32 bits per heavy atom. The monoisotopic (exact) mass is 278 g/mol. The molecule has 0 aliphatic carbocycles. The van der Waals surface area contributed by atoms with Gasteiger partial charge >= 0.3 is 6.09 Å². The molecule has 0 spiro atoms.